The fraction of sp³-hybridized carbons (Fsp3) is 0.517. The van der Waals surface area contributed by atoms with Crippen molar-refractivity contribution < 1.29 is 13.5 Å². The molecule has 0 aliphatic heterocycles. The summed E-state index contributed by atoms with van der Waals surface area (Å²) in [6, 6.07) is 10.7. The minimum Gasteiger partial charge on any atom is -0.492 e. The number of unbranched alkanes of at least 4 members (excludes halogenated alkanes) is 11. The summed E-state index contributed by atoms with van der Waals surface area (Å²) in [6.45, 7) is 2.27. The van der Waals surface area contributed by atoms with Crippen molar-refractivity contribution in [3.63, 3.8) is 0 Å². The van der Waals surface area contributed by atoms with Gasteiger partial charge in [0.05, 0.1) is 12.7 Å². The molecule has 0 aliphatic rings. The second-order valence-corrected chi connectivity index (χ2v) is 8.53. The van der Waals surface area contributed by atoms with E-state index < -0.39 is 11.6 Å². The van der Waals surface area contributed by atoms with Crippen molar-refractivity contribution in [3.05, 3.63) is 64.7 Å². The summed E-state index contributed by atoms with van der Waals surface area (Å²) >= 11 is 0. The molecule has 0 bridgehead atoms. The first-order valence-corrected chi connectivity index (χ1v) is 12.3. The van der Waals surface area contributed by atoms with E-state index >= 15 is 0 Å². The monoisotopic (exact) mass is 440 g/mol. The van der Waals surface area contributed by atoms with Crippen molar-refractivity contribution in [2.24, 2.45) is 0 Å². The molecule has 1 nitrogen and oxygen atoms in total. The minimum atomic E-state index is -1.00. The van der Waals surface area contributed by atoms with Crippen LogP contribution in [0.3, 0.4) is 0 Å². The topological polar surface area (TPSA) is 9.23 Å². The molecule has 0 unspecified atom stereocenters. The molecule has 32 heavy (non-hydrogen) atoms. The molecule has 3 heteroatoms. The third-order valence-corrected chi connectivity index (χ3v) is 5.87. The molecule has 174 valence electrons. The first-order valence-electron chi connectivity index (χ1n) is 12.3. The lowest BCUT2D eigenvalue weighted by Gasteiger charge is -2.05. The maximum atomic E-state index is 13.8. The van der Waals surface area contributed by atoms with Crippen LogP contribution in [0.15, 0.2) is 36.4 Å². The maximum Gasteiger partial charge on any atom is 0.201 e. The van der Waals surface area contributed by atoms with Crippen molar-refractivity contribution >= 4 is 0 Å². The Hall–Kier alpha value is -2.34. The van der Waals surface area contributed by atoms with Gasteiger partial charge in [-0.15, -0.1) is 0 Å². The normalized spacial score (nSPS) is 10.6. The Morgan fingerprint density at radius 3 is 1.81 bits per heavy atom. The van der Waals surface area contributed by atoms with E-state index in [2.05, 4.69) is 30.9 Å². The SMILES string of the molecule is CCCCCCCCCCCCCCc1ccc(C#Cc2ccc(F)c(F)c2OC)cc1. The van der Waals surface area contributed by atoms with Gasteiger partial charge in [0.15, 0.2) is 11.6 Å². The Morgan fingerprint density at radius 2 is 1.25 bits per heavy atom. The fourth-order valence-corrected chi connectivity index (χ4v) is 3.89. The zero-order valence-corrected chi connectivity index (χ0v) is 19.8. The van der Waals surface area contributed by atoms with E-state index in [-0.39, 0.29) is 5.75 Å². The van der Waals surface area contributed by atoms with Gasteiger partial charge < -0.3 is 4.74 Å². The summed E-state index contributed by atoms with van der Waals surface area (Å²) in [7, 11) is 1.31. The number of rotatable bonds is 14. The molecule has 0 amide bonds. The van der Waals surface area contributed by atoms with Crippen LogP contribution >= 0.6 is 0 Å². The van der Waals surface area contributed by atoms with Crippen molar-refractivity contribution in [1.29, 1.82) is 0 Å². The number of methoxy groups -OCH3 is 1. The third kappa shape index (κ3) is 9.43. The first kappa shape index (κ1) is 25.9. The number of ether oxygens (including phenoxy) is 1. The summed E-state index contributed by atoms with van der Waals surface area (Å²) < 4.78 is 32.1. The molecule has 0 fully saturated rings. The first-order chi connectivity index (χ1) is 15.7. The van der Waals surface area contributed by atoms with Gasteiger partial charge in [-0.2, -0.15) is 4.39 Å². The average Bonchev–Trinajstić information content (AvgIpc) is 2.81. The minimum absolute atomic E-state index is 0.152. The Kier molecular flexibility index (Phi) is 12.5. The quantitative estimate of drug-likeness (QED) is 0.211. The predicted octanol–water partition coefficient (Wildman–Crippen LogP) is 8.62. The van der Waals surface area contributed by atoms with Crippen molar-refractivity contribution in [2.75, 3.05) is 7.11 Å². The van der Waals surface area contributed by atoms with Crippen LogP contribution in [-0.2, 0) is 6.42 Å². The lowest BCUT2D eigenvalue weighted by molar-refractivity contribution is 0.370. The molecule has 0 saturated heterocycles. The van der Waals surface area contributed by atoms with E-state index in [0.29, 0.717) is 5.56 Å². The third-order valence-electron chi connectivity index (χ3n) is 5.87. The van der Waals surface area contributed by atoms with E-state index in [9.17, 15) is 8.78 Å². The van der Waals surface area contributed by atoms with E-state index in [0.717, 1.165) is 18.1 Å². The molecule has 0 aliphatic carbocycles. The largest absolute Gasteiger partial charge is 0.492 e. The zero-order chi connectivity index (χ0) is 23.0. The number of benzene rings is 2. The smallest absolute Gasteiger partial charge is 0.201 e. The van der Waals surface area contributed by atoms with E-state index in [1.807, 2.05) is 12.1 Å². The summed E-state index contributed by atoms with van der Waals surface area (Å²) in [5.74, 6) is 3.79. The second kappa shape index (κ2) is 15.5. The van der Waals surface area contributed by atoms with Crippen LogP contribution in [0.25, 0.3) is 0 Å². The standard InChI is InChI=1S/C29H38F2O/c1-3-4-5-6-7-8-9-10-11-12-13-14-15-24-16-18-25(19-17-24)20-21-26-22-23-27(30)28(31)29(26)32-2/h16-19,22-23H,3-15H2,1-2H3. The Labute approximate surface area is 193 Å². The zero-order valence-electron chi connectivity index (χ0n) is 19.8. The highest BCUT2D eigenvalue weighted by Gasteiger charge is 2.12. The highest BCUT2D eigenvalue weighted by atomic mass is 19.2. The summed E-state index contributed by atoms with van der Waals surface area (Å²) in [5, 5.41) is 0. The Morgan fingerprint density at radius 1 is 0.688 bits per heavy atom. The Bertz CT molecular complexity index is 846. The van der Waals surface area contributed by atoms with Gasteiger partial charge in [-0.25, -0.2) is 4.39 Å². The van der Waals surface area contributed by atoms with Gasteiger partial charge in [0.2, 0.25) is 5.82 Å². The van der Waals surface area contributed by atoms with Crippen LogP contribution < -0.4 is 4.74 Å². The van der Waals surface area contributed by atoms with Gasteiger partial charge in [-0.1, -0.05) is 102 Å². The number of hydrogen-bond donors (Lipinski definition) is 0. The number of aryl methyl sites for hydroxylation is 1. The van der Waals surface area contributed by atoms with Crippen LogP contribution in [-0.4, -0.2) is 7.11 Å². The molecule has 0 N–H and O–H groups in total. The molecular formula is C29H38F2O. The molecule has 2 aromatic rings. The fourth-order valence-electron chi connectivity index (χ4n) is 3.89. The van der Waals surface area contributed by atoms with Crippen LogP contribution in [0, 0.1) is 23.5 Å². The molecule has 0 saturated carbocycles. The van der Waals surface area contributed by atoms with Gasteiger partial charge in [0.25, 0.3) is 0 Å². The number of hydrogen-bond acceptors (Lipinski definition) is 1. The van der Waals surface area contributed by atoms with E-state index in [1.54, 1.807) is 0 Å². The summed E-state index contributed by atoms with van der Waals surface area (Å²) in [4.78, 5) is 0. The van der Waals surface area contributed by atoms with E-state index in [1.165, 1.54) is 95.8 Å². The maximum absolute atomic E-state index is 13.8. The molecular weight excluding hydrogens is 402 g/mol. The van der Waals surface area contributed by atoms with Crippen LogP contribution in [0.4, 0.5) is 8.78 Å². The highest BCUT2D eigenvalue weighted by Crippen LogP contribution is 2.24. The molecule has 0 spiro atoms. The summed E-state index contributed by atoms with van der Waals surface area (Å²) in [5.41, 5.74) is 2.50. The van der Waals surface area contributed by atoms with E-state index in [4.69, 9.17) is 4.74 Å². The van der Waals surface area contributed by atoms with Gasteiger partial charge in [-0.3, -0.25) is 0 Å². The molecule has 2 rings (SSSR count). The van der Waals surface area contributed by atoms with Gasteiger partial charge in [0, 0.05) is 5.56 Å². The van der Waals surface area contributed by atoms with Crippen molar-refractivity contribution in [1.82, 2.24) is 0 Å². The molecule has 0 aromatic heterocycles. The summed E-state index contributed by atoms with van der Waals surface area (Å²) in [6.07, 6.45) is 17.4. The second-order valence-electron chi connectivity index (χ2n) is 8.53. The van der Waals surface area contributed by atoms with Gasteiger partial charge >= 0.3 is 0 Å². The molecule has 0 radical (unpaired) electrons. The van der Waals surface area contributed by atoms with Gasteiger partial charge in [0.1, 0.15) is 0 Å². The van der Waals surface area contributed by atoms with Gasteiger partial charge in [-0.05, 0) is 42.7 Å². The van der Waals surface area contributed by atoms with Crippen LogP contribution in [0.5, 0.6) is 5.75 Å². The Balaban J connectivity index is 1.64. The van der Waals surface area contributed by atoms with Crippen molar-refractivity contribution in [2.45, 2.75) is 90.4 Å². The van der Waals surface area contributed by atoms with Crippen molar-refractivity contribution in [3.8, 4) is 17.6 Å². The predicted molar refractivity (Wildman–Crippen MR) is 130 cm³/mol. The molecule has 2 aromatic carbocycles. The highest BCUT2D eigenvalue weighted by molar-refractivity contribution is 5.50. The average molecular weight is 441 g/mol. The lowest BCUT2D eigenvalue weighted by Crippen LogP contribution is -1.95. The lowest BCUT2D eigenvalue weighted by atomic mass is 10.0. The number of halogens is 2. The molecule has 0 atom stereocenters. The molecule has 0 heterocycles. The van der Waals surface area contributed by atoms with Crippen LogP contribution in [0.1, 0.15) is 101 Å². The van der Waals surface area contributed by atoms with Crippen LogP contribution in [0.2, 0.25) is 0 Å².